The van der Waals surface area contributed by atoms with Crippen LogP contribution in [0.5, 0.6) is 0 Å². The number of benzene rings is 1. The van der Waals surface area contributed by atoms with Crippen molar-refractivity contribution < 1.29 is 19.2 Å². The maximum atomic E-state index is 11.0. The molecule has 1 aliphatic heterocycles. The molecular formula is C15H18BNO4. The van der Waals surface area contributed by atoms with Crippen LogP contribution in [0.15, 0.2) is 24.3 Å². The third-order valence-corrected chi connectivity index (χ3v) is 4.40. The second kappa shape index (κ2) is 4.35. The minimum absolute atomic E-state index is 0.254. The highest BCUT2D eigenvalue weighted by atomic mass is 16.7. The van der Waals surface area contributed by atoms with Gasteiger partial charge in [-0.2, -0.15) is 0 Å². The van der Waals surface area contributed by atoms with Crippen molar-refractivity contribution in [1.82, 2.24) is 4.98 Å². The van der Waals surface area contributed by atoms with Crippen molar-refractivity contribution in [2.24, 2.45) is 0 Å². The highest BCUT2D eigenvalue weighted by molar-refractivity contribution is 6.61. The predicted molar refractivity (Wildman–Crippen MR) is 81.0 cm³/mol. The molecule has 3 rings (SSSR count). The van der Waals surface area contributed by atoms with Crippen molar-refractivity contribution in [2.75, 3.05) is 0 Å². The Morgan fingerprint density at radius 2 is 1.76 bits per heavy atom. The van der Waals surface area contributed by atoms with Crippen molar-refractivity contribution in [1.29, 1.82) is 0 Å². The van der Waals surface area contributed by atoms with Gasteiger partial charge in [-0.25, -0.2) is 4.79 Å². The lowest BCUT2D eigenvalue weighted by Gasteiger charge is -2.32. The fourth-order valence-electron chi connectivity index (χ4n) is 2.38. The number of nitrogens with one attached hydrogen (secondary N) is 1. The molecule has 1 aromatic carbocycles. The number of aromatic carboxylic acids is 1. The van der Waals surface area contributed by atoms with Gasteiger partial charge in [0.1, 0.15) is 0 Å². The Bertz CT molecular complexity index is 704. The van der Waals surface area contributed by atoms with Crippen LogP contribution in [0, 0.1) is 0 Å². The summed E-state index contributed by atoms with van der Waals surface area (Å²) in [5.74, 6) is -0.941. The summed E-state index contributed by atoms with van der Waals surface area (Å²) in [6.45, 7) is 7.99. The summed E-state index contributed by atoms with van der Waals surface area (Å²) < 4.78 is 12.0. The number of aromatic amines is 1. The molecule has 0 unspecified atom stereocenters. The van der Waals surface area contributed by atoms with Crippen LogP contribution in [0.25, 0.3) is 10.9 Å². The van der Waals surface area contributed by atoms with Gasteiger partial charge in [0.05, 0.1) is 16.8 Å². The Morgan fingerprint density at radius 3 is 2.33 bits per heavy atom. The van der Waals surface area contributed by atoms with Crippen LogP contribution in [0.2, 0.25) is 0 Å². The molecule has 1 saturated heterocycles. The van der Waals surface area contributed by atoms with Gasteiger partial charge in [0.25, 0.3) is 0 Å². The van der Waals surface area contributed by atoms with E-state index >= 15 is 0 Å². The fraction of sp³-hybridized carbons (Fsp3) is 0.400. The number of hydrogen-bond acceptors (Lipinski definition) is 3. The molecular weight excluding hydrogens is 269 g/mol. The van der Waals surface area contributed by atoms with Crippen LogP contribution in [-0.2, 0) is 9.31 Å². The van der Waals surface area contributed by atoms with Crippen LogP contribution in [0.1, 0.15) is 38.1 Å². The Kier molecular flexibility index (Phi) is 2.94. The van der Waals surface area contributed by atoms with Crippen molar-refractivity contribution in [3.05, 3.63) is 29.8 Å². The van der Waals surface area contributed by atoms with Crippen LogP contribution < -0.4 is 5.59 Å². The van der Waals surface area contributed by atoms with Crippen LogP contribution >= 0.6 is 0 Å². The van der Waals surface area contributed by atoms with Crippen molar-refractivity contribution in [3.63, 3.8) is 0 Å². The molecule has 0 spiro atoms. The highest BCUT2D eigenvalue weighted by Crippen LogP contribution is 2.36. The van der Waals surface area contributed by atoms with E-state index in [0.717, 1.165) is 16.5 Å². The molecule has 2 aromatic rings. The first-order valence-corrected chi connectivity index (χ1v) is 6.91. The zero-order valence-corrected chi connectivity index (χ0v) is 12.6. The summed E-state index contributed by atoms with van der Waals surface area (Å²) in [7, 11) is -0.476. The van der Waals surface area contributed by atoms with Crippen LogP contribution in [0.4, 0.5) is 0 Å². The van der Waals surface area contributed by atoms with E-state index in [2.05, 4.69) is 4.98 Å². The molecule has 0 radical (unpaired) electrons. The molecule has 1 aromatic heterocycles. The fourth-order valence-corrected chi connectivity index (χ4v) is 2.38. The lowest BCUT2D eigenvalue weighted by atomic mass is 9.85. The molecule has 0 atom stereocenters. The Morgan fingerprint density at radius 1 is 1.14 bits per heavy atom. The van der Waals surface area contributed by atoms with Crippen LogP contribution in [0.3, 0.4) is 0 Å². The maximum absolute atomic E-state index is 11.0. The van der Waals surface area contributed by atoms with Crippen LogP contribution in [-0.4, -0.2) is 34.4 Å². The molecule has 1 aliphatic rings. The average molecular weight is 287 g/mol. The second-order valence-electron chi connectivity index (χ2n) is 6.42. The number of rotatable bonds is 2. The van der Waals surface area contributed by atoms with Gasteiger partial charge in [-0.1, -0.05) is 6.07 Å². The maximum Gasteiger partial charge on any atom is 0.512 e. The van der Waals surface area contributed by atoms with Crippen molar-refractivity contribution in [3.8, 4) is 0 Å². The summed E-state index contributed by atoms with van der Waals surface area (Å²) in [6, 6.07) is 6.92. The standard InChI is InChI=1S/C15H18BNO4/c1-14(2)15(3,4)21-16(20-14)12-8-9-5-6-10(13(18)19)7-11(9)17-12/h5-8,17H,1-4H3,(H,18,19). The van der Waals surface area contributed by atoms with E-state index in [0.29, 0.717) is 0 Å². The smallest absolute Gasteiger partial charge is 0.478 e. The number of carbonyl (C=O) groups is 1. The molecule has 0 aliphatic carbocycles. The van der Waals surface area contributed by atoms with Crippen molar-refractivity contribution in [2.45, 2.75) is 38.9 Å². The summed E-state index contributed by atoms with van der Waals surface area (Å²) in [5, 5.41) is 9.97. The lowest BCUT2D eigenvalue weighted by molar-refractivity contribution is 0.00578. The monoisotopic (exact) mass is 287 g/mol. The van der Waals surface area contributed by atoms with Crippen molar-refractivity contribution >= 4 is 29.6 Å². The second-order valence-corrected chi connectivity index (χ2v) is 6.42. The zero-order valence-electron chi connectivity index (χ0n) is 12.6. The lowest BCUT2D eigenvalue weighted by Crippen LogP contribution is -2.41. The minimum Gasteiger partial charge on any atom is -0.478 e. The molecule has 5 nitrogen and oxygen atoms in total. The predicted octanol–water partition coefficient (Wildman–Crippen LogP) is 2.17. The van der Waals surface area contributed by atoms with Gasteiger partial charge in [0.15, 0.2) is 0 Å². The van der Waals surface area contributed by atoms with E-state index < -0.39 is 24.3 Å². The number of aromatic nitrogens is 1. The van der Waals surface area contributed by atoms with Gasteiger partial charge in [-0.3, -0.25) is 0 Å². The molecule has 1 fully saturated rings. The SMILES string of the molecule is CC1(C)OB(c2cc3ccc(C(=O)O)cc3[nH]2)OC1(C)C. The Hall–Kier alpha value is -1.79. The van der Waals surface area contributed by atoms with Gasteiger partial charge < -0.3 is 19.4 Å². The number of hydrogen-bond donors (Lipinski definition) is 2. The number of H-pyrrole nitrogens is 1. The van der Waals surface area contributed by atoms with E-state index in [9.17, 15) is 4.79 Å². The minimum atomic E-state index is -0.941. The zero-order chi connectivity index (χ0) is 15.4. The van der Waals surface area contributed by atoms with E-state index in [-0.39, 0.29) is 5.56 Å². The third kappa shape index (κ3) is 2.24. The molecule has 0 bridgehead atoms. The summed E-state index contributed by atoms with van der Waals surface area (Å²) in [5.41, 5.74) is 1.01. The number of carboxylic acids is 1. The van der Waals surface area contributed by atoms with Gasteiger partial charge in [0, 0.05) is 11.1 Å². The quantitative estimate of drug-likeness (QED) is 0.830. The Balaban J connectivity index is 1.97. The topological polar surface area (TPSA) is 71.5 Å². The van der Waals surface area contributed by atoms with Gasteiger partial charge in [-0.05, 0) is 51.3 Å². The molecule has 6 heteroatoms. The molecule has 0 saturated carbocycles. The molecule has 21 heavy (non-hydrogen) atoms. The van der Waals surface area contributed by atoms with E-state index in [4.69, 9.17) is 14.4 Å². The first-order chi connectivity index (χ1) is 9.69. The number of fused-ring (bicyclic) bond motifs is 1. The molecule has 110 valence electrons. The molecule has 2 heterocycles. The first-order valence-electron chi connectivity index (χ1n) is 6.91. The molecule has 2 N–H and O–H groups in total. The highest BCUT2D eigenvalue weighted by Gasteiger charge is 2.52. The van der Waals surface area contributed by atoms with E-state index in [1.54, 1.807) is 18.2 Å². The normalized spacial score (nSPS) is 20.1. The van der Waals surface area contributed by atoms with E-state index in [1.165, 1.54) is 0 Å². The Labute approximate surface area is 123 Å². The van der Waals surface area contributed by atoms with E-state index in [1.807, 2.05) is 33.8 Å². The van der Waals surface area contributed by atoms with Gasteiger partial charge >= 0.3 is 13.1 Å². The van der Waals surface area contributed by atoms with Gasteiger partial charge in [-0.15, -0.1) is 0 Å². The summed E-state index contributed by atoms with van der Waals surface area (Å²) >= 11 is 0. The van der Waals surface area contributed by atoms with Gasteiger partial charge in [0.2, 0.25) is 0 Å². The molecule has 0 amide bonds. The number of carboxylic acid groups (broad SMARTS) is 1. The summed E-state index contributed by atoms with van der Waals surface area (Å²) in [6.07, 6.45) is 0. The largest absolute Gasteiger partial charge is 0.512 e. The summed E-state index contributed by atoms with van der Waals surface area (Å²) in [4.78, 5) is 14.2. The average Bonchev–Trinajstić information content (AvgIpc) is 2.87. The first kappa shape index (κ1) is 14.2. The third-order valence-electron chi connectivity index (χ3n) is 4.40.